The van der Waals surface area contributed by atoms with Gasteiger partial charge in [0.15, 0.2) is 0 Å². The first kappa shape index (κ1) is 9.02. The van der Waals surface area contributed by atoms with Gasteiger partial charge in [-0.15, -0.1) is 0 Å². The molecule has 2 heterocycles. The van der Waals surface area contributed by atoms with Crippen LogP contribution >= 0.6 is 11.3 Å². The Bertz CT molecular complexity index is 365. The van der Waals surface area contributed by atoms with Gasteiger partial charge >= 0.3 is 88.3 Å². The van der Waals surface area contributed by atoms with Crippen LogP contribution in [0.4, 0.5) is 0 Å². The topological polar surface area (TPSA) is 0 Å². The second kappa shape index (κ2) is 2.99. The zero-order valence-corrected chi connectivity index (χ0v) is 11.7. The monoisotopic (exact) mass is 310 g/mol. The van der Waals surface area contributed by atoms with Crippen LogP contribution < -0.4 is 3.20 Å². The van der Waals surface area contributed by atoms with Gasteiger partial charge in [0.1, 0.15) is 0 Å². The Morgan fingerprint density at radius 2 is 2.00 bits per heavy atom. The fraction of sp³-hybridized carbons (Fsp3) is 0.333. The Morgan fingerprint density at radius 1 is 1.25 bits per heavy atom. The van der Waals surface area contributed by atoms with E-state index in [1.54, 1.807) is 8.79 Å². The van der Waals surface area contributed by atoms with Crippen molar-refractivity contribution in [2.75, 3.05) is 0 Å². The van der Waals surface area contributed by atoms with Gasteiger partial charge < -0.3 is 0 Å². The van der Waals surface area contributed by atoms with E-state index < -0.39 is 8.07 Å². The Hall–Kier alpha value is 0.446. The molecule has 0 aliphatic heterocycles. The summed E-state index contributed by atoms with van der Waals surface area (Å²) in [5, 5.41) is 6.19. The van der Waals surface area contributed by atoms with Gasteiger partial charge in [-0.2, -0.15) is 0 Å². The Labute approximate surface area is 87.9 Å². The van der Waals surface area contributed by atoms with Crippen LogP contribution in [0.5, 0.6) is 0 Å². The zero-order chi connectivity index (χ0) is 8.77. The van der Waals surface area contributed by atoms with Crippen molar-refractivity contribution in [1.82, 2.24) is 0 Å². The SMILES string of the molecule is C[Si](C)(C)c1cc2cscc2[te]1. The molecule has 0 aliphatic carbocycles. The summed E-state index contributed by atoms with van der Waals surface area (Å²) in [7, 11) is -0.962. The number of hydrogen-bond acceptors (Lipinski definition) is 1. The summed E-state index contributed by atoms with van der Waals surface area (Å²) in [6.07, 6.45) is 0. The molecule has 0 nitrogen and oxygen atoms in total. The maximum absolute atomic E-state index is 2.47. The Kier molecular flexibility index (Phi) is 2.25. The van der Waals surface area contributed by atoms with Gasteiger partial charge in [0.05, 0.1) is 0 Å². The summed E-state index contributed by atoms with van der Waals surface area (Å²) < 4.78 is 3.52. The third-order valence-corrected chi connectivity index (χ3v) is 13.3. The van der Waals surface area contributed by atoms with E-state index >= 15 is 0 Å². The van der Waals surface area contributed by atoms with E-state index in [2.05, 4.69) is 36.5 Å². The van der Waals surface area contributed by atoms with Crippen LogP contribution in [0.2, 0.25) is 19.6 Å². The van der Waals surface area contributed by atoms with E-state index in [1.807, 2.05) is 14.5 Å². The first-order valence-electron chi connectivity index (χ1n) is 4.03. The standard InChI is InChI=1S/C9H12SSiTe/c1-11(2,3)9-4-7-5-10-6-8(7)12-9/h4-6H,1-3H3. The van der Waals surface area contributed by atoms with Crippen molar-refractivity contribution in [2.24, 2.45) is 0 Å². The number of rotatable bonds is 1. The quantitative estimate of drug-likeness (QED) is 0.710. The van der Waals surface area contributed by atoms with Crippen molar-refractivity contribution < 1.29 is 0 Å². The van der Waals surface area contributed by atoms with Crippen LogP contribution in [-0.4, -0.2) is 28.5 Å². The molecule has 3 heteroatoms. The predicted octanol–water partition coefficient (Wildman–Crippen LogP) is 2.50. The molecule has 0 aliphatic rings. The average molecular weight is 308 g/mol. The van der Waals surface area contributed by atoms with E-state index in [0.29, 0.717) is 0 Å². The second-order valence-corrected chi connectivity index (χ2v) is 14.0. The maximum atomic E-state index is 2.47. The summed E-state index contributed by atoms with van der Waals surface area (Å²) in [5.74, 6) is 0. The molecule has 0 aromatic carbocycles. The number of thiophene rings is 1. The van der Waals surface area contributed by atoms with Crippen LogP contribution in [0.25, 0.3) is 8.79 Å². The summed E-state index contributed by atoms with van der Waals surface area (Å²) in [6.45, 7) is 7.37. The first-order chi connectivity index (χ1) is 5.57. The van der Waals surface area contributed by atoms with E-state index in [0.717, 1.165) is 0 Å². The van der Waals surface area contributed by atoms with Gasteiger partial charge in [0, 0.05) is 0 Å². The normalized spacial score (nSPS) is 12.6. The zero-order valence-electron chi connectivity index (χ0n) is 7.55. The summed E-state index contributed by atoms with van der Waals surface area (Å²) >= 11 is 1.92. The van der Waals surface area contributed by atoms with Crippen LogP contribution in [-0.2, 0) is 0 Å². The van der Waals surface area contributed by atoms with Crippen molar-refractivity contribution in [2.45, 2.75) is 19.6 Å². The van der Waals surface area contributed by atoms with Crippen LogP contribution in [0.1, 0.15) is 0 Å². The molecule has 64 valence electrons. The van der Waals surface area contributed by atoms with Crippen molar-refractivity contribution in [1.29, 1.82) is 0 Å². The molecule has 0 atom stereocenters. The molecule has 2 aromatic rings. The van der Waals surface area contributed by atoms with Gasteiger partial charge in [-0.1, -0.05) is 0 Å². The molecule has 0 fully saturated rings. The fourth-order valence-electron chi connectivity index (χ4n) is 1.14. The van der Waals surface area contributed by atoms with E-state index in [-0.39, 0.29) is 20.4 Å². The minimum atomic E-state index is -0.962. The third-order valence-electron chi connectivity index (χ3n) is 1.90. The van der Waals surface area contributed by atoms with Gasteiger partial charge in [-0.25, -0.2) is 0 Å². The van der Waals surface area contributed by atoms with E-state index in [9.17, 15) is 0 Å². The molecule has 0 radical (unpaired) electrons. The first-order valence-corrected chi connectivity index (χ1v) is 10.8. The van der Waals surface area contributed by atoms with Gasteiger partial charge in [0.25, 0.3) is 0 Å². The van der Waals surface area contributed by atoms with Crippen molar-refractivity contribution >= 4 is 51.8 Å². The van der Waals surface area contributed by atoms with Crippen molar-refractivity contribution in [3.63, 3.8) is 0 Å². The second-order valence-electron chi connectivity index (χ2n) is 4.05. The summed E-state index contributed by atoms with van der Waals surface area (Å²) in [4.78, 5) is 0. The van der Waals surface area contributed by atoms with Crippen LogP contribution in [0.3, 0.4) is 0 Å². The molecule has 0 bridgehead atoms. The molecule has 12 heavy (non-hydrogen) atoms. The number of hydrogen-bond donors (Lipinski definition) is 0. The molecule has 0 saturated heterocycles. The summed E-state index contributed by atoms with van der Waals surface area (Å²) in [6, 6.07) is 2.47. The summed E-state index contributed by atoms with van der Waals surface area (Å²) in [5.41, 5.74) is 0. The van der Waals surface area contributed by atoms with Gasteiger partial charge in [0.2, 0.25) is 0 Å². The van der Waals surface area contributed by atoms with Crippen LogP contribution in [0.15, 0.2) is 16.8 Å². The van der Waals surface area contributed by atoms with Gasteiger partial charge in [-0.05, 0) is 0 Å². The molecule has 0 spiro atoms. The van der Waals surface area contributed by atoms with E-state index in [1.165, 1.54) is 0 Å². The Balaban J connectivity index is 2.59. The molecule has 2 aromatic heterocycles. The molecule has 0 saturated carbocycles. The fourth-order valence-corrected chi connectivity index (χ4v) is 9.11. The van der Waals surface area contributed by atoms with Crippen molar-refractivity contribution in [3.8, 4) is 0 Å². The molecule has 0 unspecified atom stereocenters. The number of fused-ring (bicyclic) bond motifs is 1. The molecular formula is C9H12SSiTe. The average Bonchev–Trinajstić information content (AvgIpc) is 2.37. The van der Waals surface area contributed by atoms with Crippen LogP contribution in [0, 0.1) is 0 Å². The third kappa shape index (κ3) is 1.56. The predicted molar refractivity (Wildman–Crippen MR) is 61.7 cm³/mol. The van der Waals surface area contributed by atoms with E-state index in [4.69, 9.17) is 0 Å². The molecule has 2 rings (SSSR count). The molecule has 0 N–H and O–H groups in total. The Morgan fingerprint density at radius 3 is 2.58 bits per heavy atom. The minimum absolute atomic E-state index is 0.0571. The molecular weight excluding hydrogens is 296 g/mol. The van der Waals surface area contributed by atoms with Crippen molar-refractivity contribution in [3.05, 3.63) is 16.8 Å². The molecule has 0 amide bonds. The van der Waals surface area contributed by atoms with Gasteiger partial charge in [-0.3, -0.25) is 0 Å².